The van der Waals surface area contributed by atoms with Gasteiger partial charge in [-0.05, 0) is 13.0 Å². The van der Waals surface area contributed by atoms with Gasteiger partial charge >= 0.3 is 12.1 Å². The van der Waals surface area contributed by atoms with Crippen LogP contribution in [0.4, 0.5) is 22.0 Å². The second kappa shape index (κ2) is 3.93. The van der Waals surface area contributed by atoms with Crippen LogP contribution in [-0.2, 0) is 4.79 Å². The Labute approximate surface area is 76.0 Å². The maximum absolute atomic E-state index is 12.5. The molecule has 0 atom stereocenters. The zero-order valence-corrected chi connectivity index (χ0v) is 7.03. The number of halogens is 5. The van der Waals surface area contributed by atoms with Crippen molar-refractivity contribution in [1.82, 2.24) is 0 Å². The van der Waals surface area contributed by atoms with Gasteiger partial charge in [0.1, 0.15) is 6.42 Å². The van der Waals surface area contributed by atoms with Gasteiger partial charge in [-0.1, -0.05) is 0 Å². The van der Waals surface area contributed by atoms with Crippen LogP contribution in [0.3, 0.4) is 0 Å². The predicted octanol–water partition coefficient (Wildman–Crippen LogP) is 2.60. The molecule has 1 N–H and O–H groups in total. The zero-order chi connectivity index (χ0) is 11.6. The highest BCUT2D eigenvalue weighted by Gasteiger charge is 2.42. The van der Waals surface area contributed by atoms with E-state index in [9.17, 15) is 26.7 Å². The lowest BCUT2D eigenvalue weighted by Crippen LogP contribution is -2.24. The molecule has 82 valence electrons. The van der Waals surface area contributed by atoms with E-state index >= 15 is 0 Å². The topological polar surface area (TPSA) is 37.3 Å². The summed E-state index contributed by atoms with van der Waals surface area (Å²) in [6.07, 6.45) is -7.59. The van der Waals surface area contributed by atoms with Crippen LogP contribution in [0.25, 0.3) is 0 Å². The van der Waals surface area contributed by atoms with Gasteiger partial charge in [-0.25, -0.2) is 13.6 Å². The van der Waals surface area contributed by atoms with Gasteiger partial charge in [0.25, 0.3) is 5.92 Å². The molecule has 0 aromatic rings. The fourth-order valence-electron chi connectivity index (χ4n) is 0.697. The summed E-state index contributed by atoms with van der Waals surface area (Å²) < 4.78 is 59.6. The Morgan fingerprint density at radius 2 is 1.71 bits per heavy atom. The van der Waals surface area contributed by atoms with Crippen molar-refractivity contribution < 1.29 is 31.9 Å². The Morgan fingerprint density at radius 3 is 2.00 bits per heavy atom. The molecular formula is C7H7F5O2. The van der Waals surface area contributed by atoms with Crippen molar-refractivity contribution in [2.24, 2.45) is 0 Å². The Morgan fingerprint density at radius 1 is 1.29 bits per heavy atom. The van der Waals surface area contributed by atoms with Gasteiger partial charge in [-0.15, -0.1) is 0 Å². The number of aliphatic carboxylic acids is 1. The average Bonchev–Trinajstić information content (AvgIpc) is 1.78. The lowest BCUT2D eigenvalue weighted by molar-refractivity contribution is -0.175. The van der Waals surface area contributed by atoms with Crippen molar-refractivity contribution in [3.8, 4) is 0 Å². The summed E-state index contributed by atoms with van der Waals surface area (Å²) in [6.45, 7) is 0.798. The normalized spacial score (nSPS) is 14.3. The van der Waals surface area contributed by atoms with Crippen LogP contribution >= 0.6 is 0 Å². The van der Waals surface area contributed by atoms with Crippen molar-refractivity contribution in [3.63, 3.8) is 0 Å². The van der Waals surface area contributed by atoms with Gasteiger partial charge in [0.05, 0.1) is 0 Å². The van der Waals surface area contributed by atoms with E-state index in [1.54, 1.807) is 0 Å². The fourth-order valence-corrected chi connectivity index (χ4v) is 0.697. The monoisotopic (exact) mass is 218 g/mol. The van der Waals surface area contributed by atoms with E-state index in [1.807, 2.05) is 0 Å². The minimum atomic E-state index is -5.03. The standard InChI is InChI=1S/C7H7F5O2/c1-4(5(13)14)2-6(8,9)3-7(10,11)12/h2H,3H2,1H3,(H,13,14). The third-order valence-electron chi connectivity index (χ3n) is 1.20. The second-order valence-corrected chi connectivity index (χ2v) is 2.69. The molecule has 0 spiro atoms. The van der Waals surface area contributed by atoms with Crippen molar-refractivity contribution >= 4 is 5.97 Å². The van der Waals surface area contributed by atoms with Crippen molar-refractivity contribution in [3.05, 3.63) is 11.6 Å². The number of hydrogen-bond acceptors (Lipinski definition) is 1. The van der Waals surface area contributed by atoms with E-state index in [0.29, 0.717) is 0 Å². The Kier molecular flexibility index (Phi) is 3.61. The molecule has 0 aromatic carbocycles. The maximum Gasteiger partial charge on any atom is 0.395 e. The molecule has 7 heteroatoms. The van der Waals surface area contributed by atoms with Gasteiger partial charge in [0.15, 0.2) is 0 Å². The molecule has 0 radical (unpaired) electrons. The first kappa shape index (κ1) is 12.9. The number of carboxylic acid groups (broad SMARTS) is 1. The van der Waals surface area contributed by atoms with Gasteiger partial charge in [-0.3, -0.25) is 0 Å². The fraction of sp³-hybridized carbons (Fsp3) is 0.571. The third kappa shape index (κ3) is 5.50. The van der Waals surface area contributed by atoms with Crippen LogP contribution < -0.4 is 0 Å². The summed E-state index contributed by atoms with van der Waals surface area (Å²) in [4.78, 5) is 10.1. The van der Waals surface area contributed by atoms with Crippen LogP contribution in [0, 0.1) is 0 Å². The minimum Gasteiger partial charge on any atom is -0.478 e. The predicted molar refractivity (Wildman–Crippen MR) is 37.0 cm³/mol. The molecule has 0 bridgehead atoms. The first-order chi connectivity index (χ1) is 6.03. The molecule has 0 aliphatic heterocycles. The summed E-state index contributed by atoms with van der Waals surface area (Å²) in [7, 11) is 0. The van der Waals surface area contributed by atoms with Crippen LogP contribution in [0.2, 0.25) is 0 Å². The number of carbonyl (C=O) groups is 1. The highest BCUT2D eigenvalue weighted by atomic mass is 19.4. The Bertz CT molecular complexity index is 253. The molecule has 14 heavy (non-hydrogen) atoms. The average molecular weight is 218 g/mol. The van der Waals surface area contributed by atoms with Gasteiger partial charge < -0.3 is 5.11 Å². The van der Waals surface area contributed by atoms with Gasteiger partial charge in [-0.2, -0.15) is 13.2 Å². The summed E-state index contributed by atoms with van der Waals surface area (Å²) in [5.74, 6) is -5.85. The van der Waals surface area contributed by atoms with Crippen molar-refractivity contribution in [1.29, 1.82) is 0 Å². The minimum absolute atomic E-state index is 0.206. The lowest BCUT2D eigenvalue weighted by atomic mass is 10.1. The molecule has 0 heterocycles. The molecule has 0 amide bonds. The first-order valence-corrected chi connectivity index (χ1v) is 3.41. The van der Waals surface area contributed by atoms with E-state index in [1.165, 1.54) is 0 Å². The Balaban J connectivity index is 4.64. The largest absolute Gasteiger partial charge is 0.478 e. The van der Waals surface area contributed by atoms with Crippen LogP contribution in [0.15, 0.2) is 11.6 Å². The van der Waals surface area contributed by atoms with Gasteiger partial charge in [0, 0.05) is 5.57 Å². The number of carboxylic acids is 1. The SMILES string of the molecule is CC(=CC(F)(F)CC(F)(F)F)C(=O)O. The number of alkyl halides is 5. The van der Waals surface area contributed by atoms with E-state index < -0.39 is 30.1 Å². The van der Waals surface area contributed by atoms with Crippen LogP contribution in [-0.4, -0.2) is 23.2 Å². The zero-order valence-electron chi connectivity index (χ0n) is 7.03. The highest BCUT2D eigenvalue weighted by Crippen LogP contribution is 2.33. The quantitative estimate of drug-likeness (QED) is 0.584. The van der Waals surface area contributed by atoms with E-state index in [4.69, 9.17) is 5.11 Å². The third-order valence-corrected chi connectivity index (χ3v) is 1.20. The molecule has 0 unspecified atom stereocenters. The first-order valence-electron chi connectivity index (χ1n) is 3.41. The summed E-state index contributed by atoms with van der Waals surface area (Å²) in [5.41, 5.74) is -0.820. The Hall–Kier alpha value is -1.14. The van der Waals surface area contributed by atoms with Crippen LogP contribution in [0.1, 0.15) is 13.3 Å². The molecule has 0 aliphatic carbocycles. The molecular weight excluding hydrogens is 211 g/mol. The summed E-state index contributed by atoms with van der Waals surface area (Å²) in [6, 6.07) is 0. The molecule has 0 aromatic heterocycles. The lowest BCUT2D eigenvalue weighted by Gasteiger charge is -2.14. The number of hydrogen-bond donors (Lipinski definition) is 1. The highest BCUT2D eigenvalue weighted by molar-refractivity contribution is 5.85. The van der Waals surface area contributed by atoms with E-state index in [0.717, 1.165) is 6.92 Å². The molecule has 0 saturated heterocycles. The van der Waals surface area contributed by atoms with Crippen molar-refractivity contribution in [2.75, 3.05) is 0 Å². The number of rotatable bonds is 3. The molecule has 2 nitrogen and oxygen atoms in total. The maximum atomic E-state index is 12.5. The molecule has 0 saturated carbocycles. The molecule has 0 fully saturated rings. The van der Waals surface area contributed by atoms with Crippen LogP contribution in [0.5, 0.6) is 0 Å². The van der Waals surface area contributed by atoms with E-state index in [2.05, 4.69) is 0 Å². The van der Waals surface area contributed by atoms with E-state index in [-0.39, 0.29) is 6.08 Å². The second-order valence-electron chi connectivity index (χ2n) is 2.69. The molecule has 0 rings (SSSR count). The van der Waals surface area contributed by atoms with Gasteiger partial charge in [0.2, 0.25) is 0 Å². The molecule has 0 aliphatic rings. The summed E-state index contributed by atoms with van der Waals surface area (Å²) in [5, 5.41) is 8.16. The smallest absolute Gasteiger partial charge is 0.395 e. The number of allylic oxidation sites excluding steroid dienone is 1. The summed E-state index contributed by atoms with van der Waals surface area (Å²) >= 11 is 0. The van der Waals surface area contributed by atoms with Crippen molar-refractivity contribution in [2.45, 2.75) is 25.4 Å².